The molecule has 0 unspecified atom stereocenters. The maximum atomic E-state index is 13.2. The summed E-state index contributed by atoms with van der Waals surface area (Å²) in [5.74, 6) is 0.594. The van der Waals surface area contributed by atoms with Crippen LogP contribution in [0.25, 0.3) is 0 Å². The largest absolute Gasteiger partial charge is 0.493 e. The lowest BCUT2D eigenvalue weighted by Gasteiger charge is -2.43. The number of hydrogen-bond donors (Lipinski definition) is 0. The van der Waals surface area contributed by atoms with E-state index in [1.54, 1.807) is 4.90 Å². The second kappa shape index (κ2) is 3.72. The smallest absolute Gasteiger partial charge is 0.411 e. The molecule has 2 aliphatic heterocycles. The van der Waals surface area contributed by atoms with Gasteiger partial charge >= 0.3 is 6.09 Å². The van der Waals surface area contributed by atoms with E-state index in [4.69, 9.17) is 14.2 Å². The molecule has 2 aliphatic carbocycles. The van der Waals surface area contributed by atoms with Crippen LogP contribution in [0.3, 0.4) is 0 Å². The summed E-state index contributed by atoms with van der Waals surface area (Å²) in [6, 6.07) is 0. The van der Waals surface area contributed by atoms with E-state index in [-0.39, 0.29) is 23.4 Å². The van der Waals surface area contributed by atoms with Crippen LogP contribution in [0.2, 0.25) is 0 Å². The summed E-state index contributed by atoms with van der Waals surface area (Å²) in [6.45, 7) is 2.59. The van der Waals surface area contributed by atoms with Crippen molar-refractivity contribution in [3.63, 3.8) is 0 Å². The predicted octanol–water partition coefficient (Wildman–Crippen LogP) is 1.45. The van der Waals surface area contributed by atoms with Gasteiger partial charge in [0, 0.05) is 12.5 Å². The molecule has 1 saturated carbocycles. The number of methoxy groups -OCH3 is 2. The van der Waals surface area contributed by atoms with Crippen molar-refractivity contribution in [3.05, 3.63) is 11.5 Å². The summed E-state index contributed by atoms with van der Waals surface area (Å²) in [5, 5.41) is 0. The molecule has 0 bridgehead atoms. The van der Waals surface area contributed by atoms with E-state index in [1.165, 1.54) is 14.2 Å². The van der Waals surface area contributed by atoms with Crippen molar-refractivity contribution in [2.45, 2.75) is 37.3 Å². The number of piperidine rings is 1. The molecule has 1 spiro atoms. The Morgan fingerprint density at radius 3 is 2.71 bits per heavy atom. The minimum absolute atomic E-state index is 0.0288. The maximum Gasteiger partial charge on any atom is 0.411 e. The van der Waals surface area contributed by atoms with E-state index in [1.807, 2.05) is 6.92 Å². The summed E-state index contributed by atoms with van der Waals surface area (Å²) in [6.07, 6.45) is 2.30. The zero-order valence-corrected chi connectivity index (χ0v) is 12.5. The number of amides is 1. The van der Waals surface area contributed by atoms with Gasteiger partial charge in [-0.3, -0.25) is 9.69 Å². The first-order valence-corrected chi connectivity index (χ1v) is 7.43. The van der Waals surface area contributed by atoms with Crippen molar-refractivity contribution in [1.29, 1.82) is 0 Å². The van der Waals surface area contributed by atoms with Crippen LogP contribution in [-0.4, -0.2) is 48.7 Å². The highest BCUT2D eigenvalue weighted by molar-refractivity contribution is 6.10. The Bertz CT molecular complexity index is 585. The Morgan fingerprint density at radius 1 is 1.29 bits per heavy atom. The summed E-state index contributed by atoms with van der Waals surface area (Å²) in [7, 11) is 2.97. The molecular formula is C15H19NO5. The van der Waals surface area contributed by atoms with Crippen LogP contribution < -0.4 is 0 Å². The van der Waals surface area contributed by atoms with E-state index < -0.39 is 17.2 Å². The Morgan fingerprint density at radius 2 is 2.05 bits per heavy atom. The highest BCUT2D eigenvalue weighted by atomic mass is 16.6. The average molecular weight is 293 g/mol. The van der Waals surface area contributed by atoms with Gasteiger partial charge in [-0.2, -0.15) is 0 Å². The molecule has 2 heterocycles. The minimum atomic E-state index is -1.01. The van der Waals surface area contributed by atoms with Gasteiger partial charge in [0.25, 0.3) is 0 Å². The lowest BCUT2D eigenvalue weighted by atomic mass is 9.72. The van der Waals surface area contributed by atoms with E-state index in [2.05, 4.69) is 0 Å². The minimum Gasteiger partial charge on any atom is -0.493 e. The Hall–Kier alpha value is -1.72. The van der Waals surface area contributed by atoms with Gasteiger partial charge in [-0.05, 0) is 25.2 Å². The van der Waals surface area contributed by atoms with Crippen LogP contribution >= 0.6 is 0 Å². The van der Waals surface area contributed by atoms with E-state index in [0.29, 0.717) is 12.3 Å². The van der Waals surface area contributed by atoms with E-state index in [9.17, 15) is 9.59 Å². The third-order valence-electron chi connectivity index (χ3n) is 5.82. The van der Waals surface area contributed by atoms with Gasteiger partial charge in [0.2, 0.25) is 17.1 Å². The standard InChI is InChI=1S/C15H19NO5/c1-8-7-9-5-4-6-16-13(18)21-15(8)12(20-3)10(19-2)11(17)14(9,15)16/h8-9H,4-7H2,1-3H3/t8-,9-,14-,15-/m1/s1. The summed E-state index contributed by atoms with van der Waals surface area (Å²) in [5.41, 5.74) is -1.95. The molecule has 1 amide bonds. The molecule has 0 aromatic rings. The number of nitrogens with zero attached hydrogens (tertiary/aromatic N) is 1. The number of carbonyl (C=O) groups excluding carboxylic acids is 2. The normalized spacial score (nSPS) is 43.9. The molecular weight excluding hydrogens is 274 g/mol. The van der Waals surface area contributed by atoms with Crippen molar-refractivity contribution in [3.8, 4) is 0 Å². The van der Waals surface area contributed by atoms with Crippen molar-refractivity contribution >= 4 is 11.9 Å². The van der Waals surface area contributed by atoms with Crippen LogP contribution in [0.5, 0.6) is 0 Å². The molecule has 4 aliphatic rings. The molecule has 0 N–H and O–H groups in total. The summed E-state index contributed by atoms with van der Waals surface area (Å²) < 4.78 is 16.7. The monoisotopic (exact) mass is 293 g/mol. The third-order valence-corrected chi connectivity index (χ3v) is 5.82. The van der Waals surface area contributed by atoms with Crippen LogP contribution in [0.15, 0.2) is 11.5 Å². The molecule has 0 aromatic carbocycles. The molecule has 0 aromatic heterocycles. The van der Waals surface area contributed by atoms with Gasteiger partial charge in [0.05, 0.1) is 14.2 Å². The van der Waals surface area contributed by atoms with Gasteiger partial charge in [-0.25, -0.2) is 4.79 Å². The van der Waals surface area contributed by atoms with Crippen molar-refractivity contribution in [1.82, 2.24) is 4.90 Å². The van der Waals surface area contributed by atoms with Crippen molar-refractivity contribution in [2.24, 2.45) is 11.8 Å². The maximum absolute atomic E-state index is 13.2. The van der Waals surface area contributed by atoms with Gasteiger partial charge in [-0.15, -0.1) is 0 Å². The van der Waals surface area contributed by atoms with Crippen LogP contribution in [0.4, 0.5) is 4.79 Å². The Balaban J connectivity index is 2.03. The summed E-state index contributed by atoms with van der Waals surface area (Å²) >= 11 is 0. The number of ether oxygens (including phenoxy) is 3. The molecule has 2 saturated heterocycles. The Labute approximate surface area is 123 Å². The highest BCUT2D eigenvalue weighted by Crippen LogP contribution is 2.67. The fourth-order valence-electron chi connectivity index (χ4n) is 5.26. The molecule has 114 valence electrons. The first kappa shape index (κ1) is 13.0. The van der Waals surface area contributed by atoms with Gasteiger partial charge in [0.15, 0.2) is 11.3 Å². The zero-order valence-electron chi connectivity index (χ0n) is 12.5. The highest BCUT2D eigenvalue weighted by Gasteiger charge is 2.84. The Kier molecular flexibility index (Phi) is 2.30. The zero-order chi connectivity index (χ0) is 15.0. The molecule has 6 nitrogen and oxygen atoms in total. The van der Waals surface area contributed by atoms with Gasteiger partial charge in [-0.1, -0.05) is 6.92 Å². The second-order valence-electron chi connectivity index (χ2n) is 6.39. The average Bonchev–Trinajstić information content (AvgIpc) is 2.97. The van der Waals surface area contributed by atoms with Gasteiger partial charge < -0.3 is 14.2 Å². The second-order valence-corrected chi connectivity index (χ2v) is 6.39. The summed E-state index contributed by atoms with van der Waals surface area (Å²) in [4.78, 5) is 27.2. The van der Waals surface area contributed by atoms with E-state index >= 15 is 0 Å². The number of rotatable bonds is 2. The fraction of sp³-hybridized carbons (Fsp3) is 0.733. The van der Waals surface area contributed by atoms with Gasteiger partial charge in [0.1, 0.15) is 0 Å². The number of ketones is 1. The third kappa shape index (κ3) is 1.04. The lowest BCUT2D eigenvalue weighted by molar-refractivity contribution is -0.134. The SMILES string of the molecule is COC1=C(OC)[C@]23OC(=O)N4CCC[C@H](C[C@H]2C)[C@]43C1=O. The lowest BCUT2D eigenvalue weighted by Crippen LogP contribution is -2.64. The number of hydrogen-bond acceptors (Lipinski definition) is 5. The molecule has 4 atom stereocenters. The van der Waals surface area contributed by atoms with E-state index in [0.717, 1.165) is 19.3 Å². The topological polar surface area (TPSA) is 65.1 Å². The number of carbonyl (C=O) groups is 2. The quantitative estimate of drug-likeness (QED) is 0.771. The van der Waals surface area contributed by atoms with Crippen molar-refractivity contribution in [2.75, 3.05) is 20.8 Å². The van der Waals surface area contributed by atoms with Crippen LogP contribution in [-0.2, 0) is 19.0 Å². The van der Waals surface area contributed by atoms with Crippen molar-refractivity contribution < 1.29 is 23.8 Å². The first-order valence-electron chi connectivity index (χ1n) is 7.43. The molecule has 0 radical (unpaired) electrons. The molecule has 6 heteroatoms. The predicted molar refractivity (Wildman–Crippen MR) is 71.2 cm³/mol. The molecule has 4 rings (SSSR count). The fourth-order valence-corrected chi connectivity index (χ4v) is 5.26. The van der Waals surface area contributed by atoms with Crippen LogP contribution in [0.1, 0.15) is 26.2 Å². The van der Waals surface area contributed by atoms with Crippen LogP contribution in [0, 0.1) is 11.8 Å². The first-order chi connectivity index (χ1) is 10.1. The molecule has 21 heavy (non-hydrogen) atoms. The number of Topliss-reactive ketones (excluding diaryl/α,β-unsaturated/α-hetero) is 1. The molecule has 3 fully saturated rings.